The summed E-state index contributed by atoms with van der Waals surface area (Å²) in [5.74, 6) is -0.158. The van der Waals surface area contributed by atoms with E-state index >= 15 is 0 Å². The zero-order chi connectivity index (χ0) is 19.8. The predicted molar refractivity (Wildman–Crippen MR) is 116 cm³/mol. The van der Waals surface area contributed by atoms with Gasteiger partial charge in [-0.15, -0.1) is 11.3 Å². The van der Waals surface area contributed by atoms with Gasteiger partial charge in [-0.3, -0.25) is 14.5 Å². The van der Waals surface area contributed by atoms with E-state index in [2.05, 4.69) is 11.8 Å². The van der Waals surface area contributed by atoms with Gasteiger partial charge >= 0.3 is 0 Å². The van der Waals surface area contributed by atoms with Crippen LogP contribution in [0.3, 0.4) is 0 Å². The highest BCUT2D eigenvalue weighted by Crippen LogP contribution is 2.35. The molecule has 154 valence electrons. The fourth-order valence-corrected chi connectivity index (χ4v) is 4.99. The molecular formula is C23H34N2O2S. The van der Waals surface area contributed by atoms with Crippen LogP contribution in [-0.2, 0) is 9.59 Å². The molecule has 1 saturated heterocycles. The van der Waals surface area contributed by atoms with Gasteiger partial charge in [0, 0.05) is 24.5 Å². The van der Waals surface area contributed by atoms with Gasteiger partial charge in [-0.2, -0.15) is 0 Å². The molecule has 0 spiro atoms. The Morgan fingerprint density at radius 3 is 2.21 bits per heavy atom. The minimum Gasteiger partial charge on any atom is -0.366 e. The number of unbranched alkanes of at least 4 members (excludes halogenated alkanes) is 7. The lowest BCUT2D eigenvalue weighted by atomic mass is 10.1. The van der Waals surface area contributed by atoms with Gasteiger partial charge < -0.3 is 4.90 Å². The van der Waals surface area contributed by atoms with Crippen LogP contribution < -0.4 is 0 Å². The van der Waals surface area contributed by atoms with Crippen LogP contribution in [0.4, 0.5) is 0 Å². The van der Waals surface area contributed by atoms with Crippen molar-refractivity contribution in [3.8, 4) is 0 Å². The molecule has 0 aromatic carbocycles. The first-order valence-corrected chi connectivity index (χ1v) is 12.0. The van der Waals surface area contributed by atoms with Gasteiger partial charge in [-0.1, -0.05) is 57.9 Å². The number of thiophene rings is 1. The molecule has 5 heteroatoms. The Bertz CT molecular complexity index is 675. The summed E-state index contributed by atoms with van der Waals surface area (Å²) in [6.45, 7) is 4.56. The van der Waals surface area contributed by atoms with Crippen molar-refractivity contribution in [2.75, 3.05) is 19.6 Å². The number of carbonyl (C=O) groups is 2. The molecule has 0 N–H and O–H groups in total. The van der Waals surface area contributed by atoms with Gasteiger partial charge in [0.1, 0.15) is 5.70 Å². The summed E-state index contributed by atoms with van der Waals surface area (Å²) in [6, 6.07) is 3.93. The third kappa shape index (κ3) is 5.05. The Morgan fingerprint density at radius 1 is 0.893 bits per heavy atom. The molecule has 4 nitrogen and oxygen atoms in total. The average molecular weight is 403 g/mol. The maximum absolute atomic E-state index is 13.2. The Balaban J connectivity index is 1.59. The van der Waals surface area contributed by atoms with Crippen molar-refractivity contribution in [3.05, 3.63) is 28.1 Å². The van der Waals surface area contributed by atoms with Crippen LogP contribution in [0, 0.1) is 0 Å². The zero-order valence-electron chi connectivity index (χ0n) is 17.3. The summed E-state index contributed by atoms with van der Waals surface area (Å²) in [5, 5.41) is 1.98. The first-order valence-electron chi connectivity index (χ1n) is 11.1. The molecular weight excluding hydrogens is 368 g/mol. The molecule has 3 heterocycles. The number of nitrogens with zero attached hydrogens (tertiary/aromatic N) is 2. The predicted octanol–water partition coefficient (Wildman–Crippen LogP) is 5.45. The molecule has 2 aliphatic rings. The van der Waals surface area contributed by atoms with Crippen LogP contribution in [0.1, 0.15) is 82.4 Å². The van der Waals surface area contributed by atoms with Crippen LogP contribution in [0.2, 0.25) is 0 Å². The van der Waals surface area contributed by atoms with Crippen molar-refractivity contribution < 1.29 is 9.59 Å². The number of carbonyl (C=O) groups excluding carboxylic acids is 2. The fourth-order valence-electron chi connectivity index (χ4n) is 4.22. The van der Waals surface area contributed by atoms with E-state index in [0.29, 0.717) is 17.8 Å². The maximum Gasteiger partial charge on any atom is 0.277 e. The number of piperidine rings is 1. The quantitative estimate of drug-likeness (QED) is 0.365. The number of likely N-dealkylation sites (tertiary alicyclic amines) is 1. The van der Waals surface area contributed by atoms with E-state index in [0.717, 1.165) is 43.6 Å². The molecule has 0 aliphatic carbocycles. The van der Waals surface area contributed by atoms with Crippen molar-refractivity contribution in [2.24, 2.45) is 0 Å². The largest absolute Gasteiger partial charge is 0.366 e. The lowest BCUT2D eigenvalue weighted by Crippen LogP contribution is -2.37. The van der Waals surface area contributed by atoms with E-state index in [4.69, 9.17) is 0 Å². The number of rotatable bonds is 11. The third-order valence-corrected chi connectivity index (χ3v) is 6.71. The molecule has 0 unspecified atom stereocenters. The molecule has 1 fully saturated rings. The first-order chi connectivity index (χ1) is 13.7. The maximum atomic E-state index is 13.2. The Morgan fingerprint density at radius 2 is 1.57 bits per heavy atom. The minimum absolute atomic E-state index is 0.0711. The van der Waals surface area contributed by atoms with Crippen LogP contribution in [0.5, 0.6) is 0 Å². The Labute approximate surface area is 173 Å². The highest BCUT2D eigenvalue weighted by atomic mass is 32.1. The monoisotopic (exact) mass is 402 g/mol. The van der Waals surface area contributed by atoms with Gasteiger partial charge in [0.25, 0.3) is 11.8 Å². The molecule has 1 aromatic heterocycles. The highest BCUT2D eigenvalue weighted by molar-refractivity contribution is 7.11. The van der Waals surface area contributed by atoms with E-state index in [1.807, 2.05) is 17.5 Å². The molecule has 0 saturated carbocycles. The van der Waals surface area contributed by atoms with Crippen molar-refractivity contribution in [1.29, 1.82) is 0 Å². The SMILES string of the molecule is CCCCCCCCCCN1C(=O)C(c2cccs2)=C(N2CCCCC2)C1=O. The van der Waals surface area contributed by atoms with E-state index in [1.165, 1.54) is 49.8 Å². The van der Waals surface area contributed by atoms with Gasteiger partial charge in [-0.25, -0.2) is 0 Å². The molecule has 2 aliphatic heterocycles. The second-order valence-electron chi connectivity index (χ2n) is 7.99. The molecule has 2 amide bonds. The summed E-state index contributed by atoms with van der Waals surface area (Å²) in [7, 11) is 0. The van der Waals surface area contributed by atoms with E-state index < -0.39 is 0 Å². The summed E-state index contributed by atoms with van der Waals surface area (Å²) in [5.41, 5.74) is 1.30. The van der Waals surface area contributed by atoms with Crippen molar-refractivity contribution >= 4 is 28.7 Å². The average Bonchev–Trinajstić information content (AvgIpc) is 3.32. The summed E-state index contributed by atoms with van der Waals surface area (Å²) in [6.07, 6.45) is 13.1. The molecule has 0 bridgehead atoms. The second kappa shape index (κ2) is 10.8. The third-order valence-electron chi connectivity index (χ3n) is 5.82. The van der Waals surface area contributed by atoms with Crippen molar-refractivity contribution in [3.63, 3.8) is 0 Å². The summed E-state index contributed by atoms with van der Waals surface area (Å²) < 4.78 is 0. The topological polar surface area (TPSA) is 40.6 Å². The second-order valence-corrected chi connectivity index (χ2v) is 8.93. The van der Waals surface area contributed by atoms with E-state index in [9.17, 15) is 9.59 Å². The number of hydrogen-bond donors (Lipinski definition) is 0. The highest BCUT2D eigenvalue weighted by Gasteiger charge is 2.41. The molecule has 3 rings (SSSR count). The summed E-state index contributed by atoms with van der Waals surface area (Å²) in [4.78, 5) is 30.9. The van der Waals surface area contributed by atoms with Gasteiger partial charge in [0.2, 0.25) is 0 Å². The van der Waals surface area contributed by atoms with Gasteiger partial charge in [0.15, 0.2) is 0 Å². The zero-order valence-corrected chi connectivity index (χ0v) is 18.1. The van der Waals surface area contributed by atoms with Crippen molar-refractivity contribution in [2.45, 2.75) is 77.6 Å². The minimum atomic E-state index is -0.0871. The smallest absolute Gasteiger partial charge is 0.277 e. The van der Waals surface area contributed by atoms with E-state index in [1.54, 1.807) is 11.3 Å². The van der Waals surface area contributed by atoms with Crippen molar-refractivity contribution in [1.82, 2.24) is 9.80 Å². The standard InChI is InChI=1S/C23H34N2O2S/c1-2-3-4-5-6-7-8-12-17-25-22(26)20(19-14-13-18-28-19)21(23(25)27)24-15-10-9-11-16-24/h13-14,18H,2-12,15-17H2,1H3. The molecule has 0 atom stereocenters. The number of imide groups is 1. The molecule has 1 aromatic rings. The first kappa shape index (κ1) is 21.1. The summed E-state index contributed by atoms with van der Waals surface area (Å²) >= 11 is 1.55. The normalized spacial score (nSPS) is 17.9. The van der Waals surface area contributed by atoms with Crippen LogP contribution in [-0.4, -0.2) is 41.2 Å². The lowest BCUT2D eigenvalue weighted by molar-refractivity contribution is -0.137. The Kier molecular flexibility index (Phi) is 8.13. The number of hydrogen-bond acceptors (Lipinski definition) is 4. The van der Waals surface area contributed by atoms with Gasteiger partial charge in [-0.05, 0) is 37.1 Å². The van der Waals surface area contributed by atoms with Crippen LogP contribution in [0.15, 0.2) is 23.2 Å². The molecule has 0 radical (unpaired) electrons. The number of amides is 2. The Hall–Kier alpha value is -1.62. The fraction of sp³-hybridized carbons (Fsp3) is 0.652. The van der Waals surface area contributed by atoms with Gasteiger partial charge in [0.05, 0.1) is 5.57 Å². The van der Waals surface area contributed by atoms with E-state index in [-0.39, 0.29) is 11.8 Å². The molecule has 28 heavy (non-hydrogen) atoms. The lowest BCUT2D eigenvalue weighted by Gasteiger charge is -2.29. The van der Waals surface area contributed by atoms with Crippen LogP contribution >= 0.6 is 11.3 Å². The van der Waals surface area contributed by atoms with Crippen LogP contribution in [0.25, 0.3) is 5.57 Å².